The van der Waals surface area contributed by atoms with Gasteiger partial charge in [-0.05, 0) is 48.9 Å². The number of thiophene rings is 1. The summed E-state index contributed by atoms with van der Waals surface area (Å²) in [5.41, 5.74) is 2.05. The molecule has 6 heteroatoms. The summed E-state index contributed by atoms with van der Waals surface area (Å²) in [6.45, 7) is 1.90. The van der Waals surface area contributed by atoms with Gasteiger partial charge in [0, 0.05) is 21.2 Å². The maximum Gasteiger partial charge on any atom is 0.349 e. The topological polar surface area (TPSA) is 72.8 Å². The third-order valence-electron chi connectivity index (χ3n) is 4.73. The average Bonchev–Trinajstić information content (AvgIpc) is 3.11. The number of carbonyl (C=O) groups is 2. The molecule has 0 saturated heterocycles. The van der Waals surface area contributed by atoms with E-state index in [4.69, 9.17) is 9.47 Å². The molecule has 150 valence electrons. The van der Waals surface area contributed by atoms with Crippen molar-refractivity contribution in [3.63, 3.8) is 0 Å². The second-order valence-corrected chi connectivity index (χ2v) is 7.76. The van der Waals surface area contributed by atoms with E-state index in [1.807, 2.05) is 31.2 Å². The van der Waals surface area contributed by atoms with E-state index in [0.29, 0.717) is 28.0 Å². The molecule has 0 radical (unpaired) electrons. The van der Waals surface area contributed by atoms with Gasteiger partial charge in [0.25, 0.3) is 0 Å². The van der Waals surface area contributed by atoms with Crippen molar-refractivity contribution in [2.75, 3.05) is 7.11 Å². The number of methoxy groups -OCH3 is 1. The Kier molecular flexibility index (Phi) is 5.25. The minimum atomic E-state index is -1.06. The van der Waals surface area contributed by atoms with E-state index in [1.165, 1.54) is 0 Å². The van der Waals surface area contributed by atoms with Gasteiger partial charge in [-0.1, -0.05) is 30.3 Å². The third-order valence-corrected chi connectivity index (χ3v) is 5.85. The summed E-state index contributed by atoms with van der Waals surface area (Å²) in [6.07, 6.45) is 0. The normalized spacial score (nSPS) is 10.7. The number of hydrogen-bond donors (Lipinski definition) is 1. The van der Waals surface area contributed by atoms with E-state index in [0.717, 1.165) is 21.6 Å². The SMILES string of the molecule is COc1cc2c(Oc3ccc(C(=O)c4ccccc4)cc3)c(C(=O)O)sc2cc1C. The second-order valence-electron chi connectivity index (χ2n) is 6.71. The lowest BCUT2D eigenvalue weighted by Gasteiger charge is -2.09. The number of carbonyl (C=O) groups excluding carboxylic acids is 1. The Morgan fingerprint density at radius 2 is 1.60 bits per heavy atom. The summed E-state index contributed by atoms with van der Waals surface area (Å²) >= 11 is 1.16. The highest BCUT2D eigenvalue weighted by Crippen LogP contribution is 2.43. The van der Waals surface area contributed by atoms with Crippen molar-refractivity contribution >= 4 is 33.2 Å². The fourth-order valence-corrected chi connectivity index (χ4v) is 4.26. The number of carboxylic acid groups (broad SMARTS) is 1. The average molecular weight is 418 g/mol. The van der Waals surface area contributed by atoms with E-state index >= 15 is 0 Å². The molecular formula is C24H18O5S. The van der Waals surface area contributed by atoms with E-state index in [9.17, 15) is 14.7 Å². The Morgan fingerprint density at radius 3 is 2.23 bits per heavy atom. The van der Waals surface area contributed by atoms with Gasteiger partial charge < -0.3 is 14.6 Å². The minimum Gasteiger partial charge on any atom is -0.496 e. The van der Waals surface area contributed by atoms with Gasteiger partial charge in [-0.25, -0.2) is 4.79 Å². The van der Waals surface area contributed by atoms with Crippen molar-refractivity contribution in [2.45, 2.75) is 6.92 Å². The molecule has 0 aliphatic rings. The van der Waals surface area contributed by atoms with Crippen molar-refractivity contribution < 1.29 is 24.2 Å². The lowest BCUT2D eigenvalue weighted by Crippen LogP contribution is -2.01. The molecular weight excluding hydrogens is 400 g/mol. The molecule has 1 heterocycles. The molecule has 0 bridgehead atoms. The first kappa shape index (κ1) is 19.7. The summed E-state index contributed by atoms with van der Waals surface area (Å²) in [5.74, 6) is 0.225. The molecule has 4 rings (SSSR count). The summed E-state index contributed by atoms with van der Waals surface area (Å²) < 4.78 is 12.1. The van der Waals surface area contributed by atoms with Crippen LogP contribution >= 0.6 is 11.3 Å². The van der Waals surface area contributed by atoms with E-state index in [2.05, 4.69) is 0 Å². The number of carboxylic acids is 1. The minimum absolute atomic E-state index is 0.0884. The molecule has 0 atom stereocenters. The van der Waals surface area contributed by atoms with Crippen LogP contribution < -0.4 is 9.47 Å². The summed E-state index contributed by atoms with van der Waals surface area (Å²) in [6, 6.07) is 19.4. The smallest absolute Gasteiger partial charge is 0.349 e. The van der Waals surface area contributed by atoms with Gasteiger partial charge in [-0.2, -0.15) is 0 Å². The molecule has 5 nitrogen and oxygen atoms in total. The molecule has 30 heavy (non-hydrogen) atoms. The number of hydrogen-bond acceptors (Lipinski definition) is 5. The van der Waals surface area contributed by atoms with E-state index in [-0.39, 0.29) is 16.4 Å². The van der Waals surface area contributed by atoms with Crippen LogP contribution in [0.4, 0.5) is 0 Å². The van der Waals surface area contributed by atoms with Gasteiger partial charge in [0.05, 0.1) is 7.11 Å². The highest BCUT2D eigenvalue weighted by molar-refractivity contribution is 7.21. The Morgan fingerprint density at radius 1 is 0.933 bits per heavy atom. The highest BCUT2D eigenvalue weighted by atomic mass is 32.1. The zero-order valence-corrected chi connectivity index (χ0v) is 17.2. The summed E-state index contributed by atoms with van der Waals surface area (Å²) in [4.78, 5) is 24.5. The maximum atomic E-state index is 12.6. The van der Waals surface area contributed by atoms with Crippen LogP contribution in [0.5, 0.6) is 17.2 Å². The summed E-state index contributed by atoms with van der Waals surface area (Å²) in [5, 5.41) is 10.3. The van der Waals surface area contributed by atoms with Crippen molar-refractivity contribution in [3.05, 3.63) is 88.3 Å². The molecule has 4 aromatic rings. The Bertz CT molecular complexity index is 1240. The maximum absolute atomic E-state index is 12.6. The number of rotatable bonds is 6. The largest absolute Gasteiger partial charge is 0.496 e. The number of benzene rings is 3. The van der Waals surface area contributed by atoms with Crippen LogP contribution in [0.3, 0.4) is 0 Å². The molecule has 0 amide bonds. The lowest BCUT2D eigenvalue weighted by molar-refractivity contribution is 0.0699. The Labute approximate surface area is 177 Å². The van der Waals surface area contributed by atoms with Crippen molar-refractivity contribution in [1.82, 2.24) is 0 Å². The van der Waals surface area contributed by atoms with Gasteiger partial charge in [-0.3, -0.25) is 4.79 Å². The molecule has 1 aromatic heterocycles. The monoisotopic (exact) mass is 418 g/mol. The third kappa shape index (κ3) is 3.65. The van der Waals surface area contributed by atoms with Crippen LogP contribution in [-0.4, -0.2) is 24.0 Å². The Hall–Kier alpha value is -3.64. The fourth-order valence-electron chi connectivity index (χ4n) is 3.21. The second kappa shape index (κ2) is 8.00. The van der Waals surface area contributed by atoms with Crippen molar-refractivity contribution in [3.8, 4) is 17.2 Å². The molecule has 0 aliphatic heterocycles. The number of aromatic carboxylic acids is 1. The molecule has 0 saturated carbocycles. The molecule has 0 aliphatic carbocycles. The number of aryl methyl sites for hydroxylation is 1. The van der Waals surface area contributed by atoms with Gasteiger partial charge in [0.15, 0.2) is 16.4 Å². The quantitative estimate of drug-likeness (QED) is 0.392. The fraction of sp³-hybridized carbons (Fsp3) is 0.0833. The molecule has 0 fully saturated rings. The predicted octanol–water partition coefficient (Wildman–Crippen LogP) is 5.94. The summed E-state index contributed by atoms with van der Waals surface area (Å²) in [7, 11) is 1.57. The predicted molar refractivity (Wildman–Crippen MR) is 116 cm³/mol. The first-order valence-electron chi connectivity index (χ1n) is 9.20. The van der Waals surface area contributed by atoms with Crippen LogP contribution in [0.1, 0.15) is 31.2 Å². The van der Waals surface area contributed by atoms with Crippen LogP contribution in [-0.2, 0) is 0 Å². The first-order chi connectivity index (χ1) is 14.5. The lowest BCUT2D eigenvalue weighted by atomic mass is 10.0. The molecule has 0 unspecified atom stereocenters. The number of fused-ring (bicyclic) bond motifs is 1. The van der Waals surface area contributed by atoms with Crippen LogP contribution in [0.2, 0.25) is 0 Å². The zero-order chi connectivity index (χ0) is 21.3. The van der Waals surface area contributed by atoms with Crippen molar-refractivity contribution in [2.24, 2.45) is 0 Å². The standard InChI is InChI=1S/C24H18O5S/c1-14-12-20-18(13-19(14)28-2)22(23(30-20)24(26)27)29-17-10-8-16(9-11-17)21(25)15-6-4-3-5-7-15/h3-13H,1-2H3,(H,26,27). The van der Waals surface area contributed by atoms with Gasteiger partial charge in [0.1, 0.15) is 11.5 Å². The number of ketones is 1. The Balaban J connectivity index is 1.69. The van der Waals surface area contributed by atoms with Gasteiger partial charge in [0.2, 0.25) is 0 Å². The molecule has 0 spiro atoms. The molecule has 3 aromatic carbocycles. The van der Waals surface area contributed by atoms with Gasteiger partial charge in [-0.15, -0.1) is 11.3 Å². The number of ether oxygens (including phenoxy) is 2. The first-order valence-corrected chi connectivity index (χ1v) is 10.0. The van der Waals surface area contributed by atoms with E-state index in [1.54, 1.807) is 49.6 Å². The van der Waals surface area contributed by atoms with Crippen molar-refractivity contribution in [1.29, 1.82) is 0 Å². The van der Waals surface area contributed by atoms with Crippen LogP contribution in [0.15, 0.2) is 66.7 Å². The van der Waals surface area contributed by atoms with Gasteiger partial charge >= 0.3 is 5.97 Å². The molecule has 1 N–H and O–H groups in total. The highest BCUT2D eigenvalue weighted by Gasteiger charge is 2.21. The van der Waals surface area contributed by atoms with E-state index < -0.39 is 5.97 Å². The van der Waals surface area contributed by atoms with Crippen LogP contribution in [0, 0.1) is 6.92 Å². The van der Waals surface area contributed by atoms with Crippen LogP contribution in [0.25, 0.3) is 10.1 Å². The zero-order valence-electron chi connectivity index (χ0n) is 16.3.